The van der Waals surface area contributed by atoms with E-state index < -0.39 is 5.82 Å². The van der Waals surface area contributed by atoms with E-state index in [1.54, 1.807) is 17.8 Å². The lowest BCUT2D eigenvalue weighted by molar-refractivity contribution is 0.0985. The first kappa shape index (κ1) is 10.5. The fourth-order valence-corrected chi connectivity index (χ4v) is 2.67. The zero-order valence-electron chi connectivity index (χ0n) is 8.38. The van der Waals surface area contributed by atoms with Gasteiger partial charge in [-0.3, -0.25) is 4.79 Å². The van der Waals surface area contributed by atoms with Gasteiger partial charge in [0.1, 0.15) is 11.6 Å². The number of carbonyl (C=O) groups is 1. The van der Waals surface area contributed by atoms with Gasteiger partial charge in [0.05, 0.1) is 12.7 Å². The number of halogens is 1. The molecule has 0 bridgehead atoms. The monoisotopic (exact) mass is 226 g/mol. The molecule has 0 saturated heterocycles. The largest absolute Gasteiger partial charge is 0.496 e. The van der Waals surface area contributed by atoms with E-state index in [4.69, 9.17) is 4.74 Å². The van der Waals surface area contributed by atoms with Gasteiger partial charge >= 0.3 is 0 Å². The van der Waals surface area contributed by atoms with E-state index in [2.05, 4.69) is 0 Å². The number of ketones is 1. The third kappa shape index (κ3) is 1.86. The summed E-state index contributed by atoms with van der Waals surface area (Å²) in [6.07, 6.45) is 0.405. The molecule has 80 valence electrons. The van der Waals surface area contributed by atoms with Crippen LogP contribution in [-0.4, -0.2) is 18.6 Å². The topological polar surface area (TPSA) is 26.3 Å². The van der Waals surface area contributed by atoms with Crippen molar-refractivity contribution in [3.8, 4) is 5.75 Å². The normalized spacial score (nSPS) is 15.7. The number of hydrogen-bond donors (Lipinski definition) is 0. The Labute approximate surface area is 91.8 Å². The Morgan fingerprint density at radius 3 is 3.00 bits per heavy atom. The summed E-state index contributed by atoms with van der Waals surface area (Å²) in [5, 5.41) is 0. The fourth-order valence-electron chi connectivity index (χ4n) is 1.70. The van der Waals surface area contributed by atoms with Crippen LogP contribution in [0.4, 0.5) is 4.39 Å². The van der Waals surface area contributed by atoms with Crippen molar-refractivity contribution < 1.29 is 13.9 Å². The highest BCUT2D eigenvalue weighted by Gasteiger charge is 2.22. The van der Waals surface area contributed by atoms with Gasteiger partial charge < -0.3 is 4.74 Å². The Hall–Kier alpha value is -1.03. The molecule has 0 atom stereocenters. The molecular formula is C11H11FO2S. The lowest BCUT2D eigenvalue weighted by Crippen LogP contribution is -2.06. The molecule has 0 fully saturated rings. The zero-order valence-corrected chi connectivity index (χ0v) is 9.20. The van der Waals surface area contributed by atoms with Crippen LogP contribution in [0.25, 0.3) is 0 Å². The first-order valence-corrected chi connectivity index (χ1v) is 5.86. The highest BCUT2D eigenvalue weighted by atomic mass is 32.2. The molecule has 2 nitrogen and oxygen atoms in total. The van der Waals surface area contributed by atoms with E-state index >= 15 is 0 Å². The highest BCUT2D eigenvalue weighted by Crippen LogP contribution is 2.32. The van der Waals surface area contributed by atoms with Crippen LogP contribution in [-0.2, 0) is 5.75 Å². The van der Waals surface area contributed by atoms with Crippen molar-refractivity contribution in [3.05, 3.63) is 29.1 Å². The molecule has 1 heterocycles. The third-order valence-corrected chi connectivity index (χ3v) is 3.42. The van der Waals surface area contributed by atoms with Crippen molar-refractivity contribution in [1.82, 2.24) is 0 Å². The van der Waals surface area contributed by atoms with Gasteiger partial charge in [-0.2, -0.15) is 11.8 Å². The van der Waals surface area contributed by atoms with Crippen LogP contribution in [0.2, 0.25) is 0 Å². The second-order valence-corrected chi connectivity index (χ2v) is 4.43. The molecule has 0 N–H and O–H groups in total. The number of hydrogen-bond acceptors (Lipinski definition) is 3. The smallest absolute Gasteiger partial charge is 0.167 e. The minimum atomic E-state index is -0.432. The number of methoxy groups -OCH3 is 1. The van der Waals surface area contributed by atoms with Gasteiger partial charge in [-0.25, -0.2) is 4.39 Å². The number of thioether (sulfide) groups is 1. The lowest BCUT2D eigenvalue weighted by atomic mass is 10.0. The highest BCUT2D eigenvalue weighted by molar-refractivity contribution is 7.98. The average molecular weight is 226 g/mol. The van der Waals surface area contributed by atoms with Crippen molar-refractivity contribution in [3.63, 3.8) is 0 Å². The molecule has 15 heavy (non-hydrogen) atoms. The predicted molar refractivity (Wildman–Crippen MR) is 58.1 cm³/mol. The maximum absolute atomic E-state index is 13.5. The number of carbonyl (C=O) groups excluding carboxylic acids is 1. The molecule has 0 unspecified atom stereocenters. The lowest BCUT2D eigenvalue weighted by Gasteiger charge is -2.10. The molecule has 1 aliphatic heterocycles. The van der Waals surface area contributed by atoms with Gasteiger partial charge in [0.25, 0.3) is 0 Å². The van der Waals surface area contributed by atoms with Crippen LogP contribution in [0.5, 0.6) is 5.75 Å². The first-order valence-electron chi connectivity index (χ1n) is 4.70. The zero-order chi connectivity index (χ0) is 10.8. The third-order valence-electron chi connectivity index (χ3n) is 2.44. The van der Waals surface area contributed by atoms with E-state index in [1.807, 2.05) is 0 Å². The van der Waals surface area contributed by atoms with Crippen LogP contribution in [0.3, 0.4) is 0 Å². The summed E-state index contributed by atoms with van der Waals surface area (Å²) in [4.78, 5) is 11.7. The van der Waals surface area contributed by atoms with E-state index in [0.717, 1.165) is 5.75 Å². The summed E-state index contributed by atoms with van der Waals surface area (Å²) in [5.74, 6) is 1.44. The van der Waals surface area contributed by atoms with Crippen molar-refractivity contribution in [2.45, 2.75) is 12.2 Å². The maximum Gasteiger partial charge on any atom is 0.167 e. The van der Waals surface area contributed by atoms with Gasteiger partial charge in [0, 0.05) is 23.5 Å². The molecule has 0 aromatic heterocycles. The van der Waals surface area contributed by atoms with Gasteiger partial charge in [0.15, 0.2) is 5.78 Å². The molecule has 0 saturated carbocycles. The Kier molecular flexibility index (Phi) is 2.95. The van der Waals surface area contributed by atoms with Gasteiger partial charge in [-0.1, -0.05) is 0 Å². The minimum Gasteiger partial charge on any atom is -0.496 e. The van der Waals surface area contributed by atoms with Gasteiger partial charge in [0.2, 0.25) is 0 Å². The summed E-state index contributed by atoms with van der Waals surface area (Å²) < 4.78 is 18.7. The van der Waals surface area contributed by atoms with Crippen LogP contribution >= 0.6 is 11.8 Å². The summed E-state index contributed by atoms with van der Waals surface area (Å²) in [6.45, 7) is 0. The van der Waals surface area contributed by atoms with Crippen molar-refractivity contribution in [1.29, 1.82) is 0 Å². The van der Waals surface area contributed by atoms with E-state index in [9.17, 15) is 9.18 Å². The van der Waals surface area contributed by atoms with E-state index in [0.29, 0.717) is 23.5 Å². The Morgan fingerprint density at radius 2 is 2.27 bits per heavy atom. The Morgan fingerprint density at radius 1 is 1.47 bits per heavy atom. The second kappa shape index (κ2) is 4.23. The summed E-state index contributed by atoms with van der Waals surface area (Å²) in [6, 6.07) is 2.87. The molecule has 1 aromatic carbocycles. The van der Waals surface area contributed by atoms with E-state index in [1.165, 1.54) is 13.2 Å². The Balaban J connectivity index is 2.60. The molecule has 4 heteroatoms. The fraction of sp³-hybridized carbons (Fsp3) is 0.364. The summed E-state index contributed by atoms with van der Waals surface area (Å²) in [7, 11) is 1.54. The number of fused-ring (bicyclic) bond motifs is 1. The first-order chi connectivity index (χ1) is 7.24. The number of ether oxygens (including phenoxy) is 1. The summed E-state index contributed by atoms with van der Waals surface area (Å²) >= 11 is 1.63. The molecule has 0 aliphatic carbocycles. The quantitative estimate of drug-likeness (QED) is 0.736. The van der Waals surface area contributed by atoms with E-state index in [-0.39, 0.29) is 11.3 Å². The molecule has 1 aliphatic rings. The van der Waals surface area contributed by atoms with Crippen LogP contribution < -0.4 is 4.74 Å². The van der Waals surface area contributed by atoms with Crippen LogP contribution in [0, 0.1) is 5.82 Å². The average Bonchev–Trinajstić information content (AvgIpc) is 2.42. The standard InChI is InChI=1S/C11H11FO2S/c1-14-10-3-2-8(12)11-7(10)6-15-5-4-9(11)13/h2-3H,4-6H2,1H3. The number of benzene rings is 1. The molecule has 0 spiro atoms. The molecule has 0 radical (unpaired) electrons. The minimum absolute atomic E-state index is 0.119. The molecule has 0 amide bonds. The van der Waals surface area contributed by atoms with Crippen molar-refractivity contribution in [2.24, 2.45) is 0 Å². The molecule has 2 rings (SSSR count). The SMILES string of the molecule is COc1ccc(F)c2c1CSCCC2=O. The van der Waals surface area contributed by atoms with Gasteiger partial charge in [-0.05, 0) is 12.1 Å². The molecule has 1 aromatic rings. The maximum atomic E-state index is 13.5. The Bertz CT molecular complexity index is 404. The van der Waals surface area contributed by atoms with Gasteiger partial charge in [-0.15, -0.1) is 0 Å². The summed E-state index contributed by atoms with van der Waals surface area (Å²) in [5.41, 5.74) is 0.921. The number of rotatable bonds is 1. The van der Waals surface area contributed by atoms with Crippen LogP contribution in [0.15, 0.2) is 12.1 Å². The van der Waals surface area contributed by atoms with Crippen LogP contribution in [0.1, 0.15) is 22.3 Å². The van der Waals surface area contributed by atoms with Crippen molar-refractivity contribution >= 4 is 17.5 Å². The molecular weight excluding hydrogens is 215 g/mol. The second-order valence-electron chi connectivity index (χ2n) is 3.33. The predicted octanol–water partition coefficient (Wildman–Crippen LogP) is 2.65. The van der Waals surface area contributed by atoms with Crippen molar-refractivity contribution in [2.75, 3.05) is 12.9 Å². The number of Topliss-reactive ketones (excluding diaryl/α,β-unsaturated/α-hetero) is 1.